The van der Waals surface area contributed by atoms with E-state index in [9.17, 15) is 4.79 Å². The van der Waals surface area contributed by atoms with Crippen LogP contribution < -0.4 is 31.9 Å². The van der Waals surface area contributed by atoms with Crippen molar-refractivity contribution in [3.05, 3.63) is 0 Å². The van der Waals surface area contributed by atoms with E-state index in [-0.39, 0.29) is 29.6 Å². The van der Waals surface area contributed by atoms with Crippen LogP contribution in [0.5, 0.6) is 0 Å². The van der Waals surface area contributed by atoms with Gasteiger partial charge in [0.05, 0.1) is 24.8 Å². The SMILES string of the molecule is CC(C)(C)C1CC(NC(=O)NC2CCC(C3=NCCN3)CC2)CC(NC(=S)NC2CCC(C3=NCCN3)CC2)C1. The second-order valence-electron chi connectivity index (χ2n) is 13.9. The molecule has 2 aliphatic heterocycles. The van der Waals surface area contributed by atoms with Gasteiger partial charge in [0.1, 0.15) is 0 Å². The lowest BCUT2D eigenvalue weighted by atomic mass is 9.69. The molecule has 0 saturated heterocycles. The molecule has 40 heavy (non-hydrogen) atoms. The minimum absolute atomic E-state index is 0.0168. The number of nitrogens with one attached hydrogen (secondary N) is 6. The molecule has 6 N–H and O–H groups in total. The molecule has 0 aromatic heterocycles. The van der Waals surface area contributed by atoms with Crippen molar-refractivity contribution in [2.45, 2.75) is 116 Å². The summed E-state index contributed by atoms with van der Waals surface area (Å²) in [4.78, 5) is 22.3. The summed E-state index contributed by atoms with van der Waals surface area (Å²) in [6.07, 6.45) is 11.8. The quantitative estimate of drug-likeness (QED) is 0.272. The van der Waals surface area contributed by atoms with Gasteiger partial charge in [-0.25, -0.2) is 4.79 Å². The van der Waals surface area contributed by atoms with Gasteiger partial charge in [0.15, 0.2) is 5.11 Å². The molecular weight excluding hydrogens is 520 g/mol. The summed E-state index contributed by atoms with van der Waals surface area (Å²) < 4.78 is 0. The van der Waals surface area contributed by atoms with E-state index in [0.29, 0.717) is 23.8 Å². The Bertz CT molecular complexity index is 878. The molecule has 0 aromatic carbocycles. The molecule has 0 aromatic rings. The van der Waals surface area contributed by atoms with Crippen LogP contribution in [-0.2, 0) is 0 Å². The molecule has 3 aliphatic carbocycles. The molecule has 9 nitrogen and oxygen atoms in total. The van der Waals surface area contributed by atoms with Crippen molar-refractivity contribution >= 4 is 35.0 Å². The third-order valence-corrected chi connectivity index (χ3v) is 10.1. The molecule has 2 heterocycles. The maximum absolute atomic E-state index is 13.1. The Kier molecular flexibility index (Phi) is 9.74. The fourth-order valence-corrected chi connectivity index (χ4v) is 7.82. The predicted octanol–water partition coefficient (Wildman–Crippen LogP) is 3.45. The molecule has 3 atom stereocenters. The van der Waals surface area contributed by atoms with E-state index < -0.39 is 0 Å². The Labute approximate surface area is 246 Å². The van der Waals surface area contributed by atoms with Crippen LogP contribution in [0.15, 0.2) is 9.98 Å². The van der Waals surface area contributed by atoms with Crippen molar-refractivity contribution in [2.75, 3.05) is 26.2 Å². The summed E-state index contributed by atoms with van der Waals surface area (Å²) in [5.41, 5.74) is 0.177. The third-order valence-electron chi connectivity index (χ3n) is 9.90. The number of urea groups is 1. The number of thiocarbonyl (C=S) groups is 1. The molecule has 10 heteroatoms. The second kappa shape index (κ2) is 13.3. The highest BCUT2D eigenvalue weighted by Gasteiger charge is 2.37. The molecule has 3 fully saturated rings. The predicted molar refractivity (Wildman–Crippen MR) is 167 cm³/mol. The average molecular weight is 573 g/mol. The number of carbonyl (C=O) groups excluding carboxylic acids is 1. The summed E-state index contributed by atoms with van der Waals surface area (Å²) in [6.45, 7) is 10.7. The molecule has 0 spiro atoms. The molecule has 5 rings (SSSR count). The lowest BCUT2D eigenvalue weighted by Gasteiger charge is -2.42. The third kappa shape index (κ3) is 8.01. The van der Waals surface area contributed by atoms with E-state index in [4.69, 9.17) is 12.2 Å². The van der Waals surface area contributed by atoms with E-state index in [1.807, 2.05) is 0 Å². The van der Waals surface area contributed by atoms with Gasteiger partial charge >= 0.3 is 6.03 Å². The first kappa shape index (κ1) is 29.4. The highest BCUT2D eigenvalue weighted by atomic mass is 32.1. The largest absolute Gasteiger partial charge is 0.372 e. The van der Waals surface area contributed by atoms with Gasteiger partial charge in [0.25, 0.3) is 0 Å². The highest BCUT2D eigenvalue weighted by molar-refractivity contribution is 7.80. The maximum atomic E-state index is 13.1. The van der Waals surface area contributed by atoms with Gasteiger partial charge in [-0.05, 0) is 94.2 Å². The van der Waals surface area contributed by atoms with Crippen molar-refractivity contribution in [3.63, 3.8) is 0 Å². The van der Waals surface area contributed by atoms with Crippen LogP contribution in [0.1, 0.15) is 91.4 Å². The van der Waals surface area contributed by atoms with Crippen LogP contribution >= 0.6 is 12.2 Å². The van der Waals surface area contributed by atoms with E-state index >= 15 is 0 Å². The monoisotopic (exact) mass is 572 g/mol. The van der Waals surface area contributed by atoms with Crippen LogP contribution in [0.3, 0.4) is 0 Å². The smallest absolute Gasteiger partial charge is 0.315 e. The van der Waals surface area contributed by atoms with Crippen LogP contribution in [0.2, 0.25) is 0 Å². The molecular formula is C30H52N8OS. The first-order valence-electron chi connectivity index (χ1n) is 15.9. The summed E-state index contributed by atoms with van der Waals surface area (Å²) >= 11 is 5.80. The normalized spacial score (nSPS) is 34.5. The Hall–Kier alpha value is -2.10. The van der Waals surface area contributed by atoms with Crippen molar-refractivity contribution in [1.29, 1.82) is 0 Å². The topological polar surface area (TPSA) is 114 Å². The summed E-state index contributed by atoms with van der Waals surface area (Å²) in [5, 5.41) is 21.5. The van der Waals surface area contributed by atoms with Crippen molar-refractivity contribution in [2.24, 2.45) is 33.2 Å². The number of carbonyl (C=O) groups is 1. The first-order valence-corrected chi connectivity index (χ1v) is 16.3. The van der Waals surface area contributed by atoms with Crippen molar-refractivity contribution in [1.82, 2.24) is 31.9 Å². The van der Waals surface area contributed by atoms with Crippen LogP contribution in [0.25, 0.3) is 0 Å². The fourth-order valence-electron chi connectivity index (χ4n) is 7.49. The van der Waals surface area contributed by atoms with Crippen LogP contribution in [-0.4, -0.2) is 73.2 Å². The summed E-state index contributed by atoms with van der Waals surface area (Å²) in [5.74, 6) is 4.04. The molecule has 3 unspecified atom stereocenters. The minimum atomic E-state index is -0.0168. The summed E-state index contributed by atoms with van der Waals surface area (Å²) in [7, 11) is 0. The molecule has 0 bridgehead atoms. The van der Waals surface area contributed by atoms with Crippen molar-refractivity contribution < 1.29 is 4.79 Å². The Balaban J connectivity index is 1.07. The highest BCUT2D eigenvalue weighted by Crippen LogP contribution is 2.38. The van der Waals surface area contributed by atoms with Gasteiger partial charge in [-0.15, -0.1) is 0 Å². The number of hydrogen-bond donors (Lipinski definition) is 6. The Morgan fingerprint density at radius 3 is 1.62 bits per heavy atom. The number of amides is 2. The van der Waals surface area contributed by atoms with E-state index in [1.165, 1.54) is 11.7 Å². The maximum Gasteiger partial charge on any atom is 0.315 e. The zero-order valence-electron chi connectivity index (χ0n) is 24.9. The van der Waals surface area contributed by atoms with Gasteiger partial charge < -0.3 is 31.9 Å². The van der Waals surface area contributed by atoms with Crippen LogP contribution in [0.4, 0.5) is 4.79 Å². The van der Waals surface area contributed by atoms with Gasteiger partial charge in [-0.2, -0.15) is 0 Å². The van der Waals surface area contributed by atoms with Crippen LogP contribution in [0, 0.1) is 23.2 Å². The molecule has 0 radical (unpaired) electrons. The average Bonchev–Trinajstić information content (AvgIpc) is 3.64. The fraction of sp³-hybridized carbons (Fsp3) is 0.867. The van der Waals surface area contributed by atoms with E-state index in [0.717, 1.165) is 102 Å². The summed E-state index contributed by atoms with van der Waals surface area (Å²) in [6, 6.07) is 1.05. The van der Waals surface area contributed by atoms with E-state index in [1.54, 1.807) is 0 Å². The number of amidine groups is 2. The number of hydrogen-bond acceptors (Lipinski definition) is 6. The standard InChI is InChI=1S/C30H52N8OS/c1-30(2,3)21-16-24(36-28(39)35-22-8-4-19(5-9-22)26-31-12-13-32-26)18-25(17-21)38-29(40)37-23-10-6-20(7-11-23)27-33-14-15-34-27/h19-25H,4-18H2,1-3H3,(H,31,32)(H,33,34)(H2,35,36,39)(H2,37,38,40). The second-order valence-corrected chi connectivity index (χ2v) is 14.3. The van der Waals surface area contributed by atoms with E-state index in [2.05, 4.69) is 62.7 Å². The lowest BCUT2D eigenvalue weighted by Crippen LogP contribution is -2.55. The Morgan fingerprint density at radius 2 is 1.15 bits per heavy atom. The zero-order chi connectivity index (χ0) is 28.1. The van der Waals surface area contributed by atoms with Crippen molar-refractivity contribution in [3.8, 4) is 0 Å². The number of nitrogens with zero attached hydrogens (tertiary/aromatic N) is 2. The number of aliphatic imine (C=N–C) groups is 2. The Morgan fingerprint density at radius 1 is 0.700 bits per heavy atom. The minimum Gasteiger partial charge on any atom is -0.372 e. The van der Waals surface area contributed by atoms with Gasteiger partial charge in [0, 0.05) is 49.1 Å². The molecule has 224 valence electrons. The van der Waals surface area contributed by atoms with Gasteiger partial charge in [0.2, 0.25) is 0 Å². The lowest BCUT2D eigenvalue weighted by molar-refractivity contribution is 0.135. The first-order chi connectivity index (χ1) is 19.2. The van der Waals surface area contributed by atoms with Gasteiger partial charge in [-0.3, -0.25) is 9.98 Å². The zero-order valence-corrected chi connectivity index (χ0v) is 25.7. The number of rotatable bonds is 6. The molecule has 2 amide bonds. The molecule has 3 saturated carbocycles. The van der Waals surface area contributed by atoms with Gasteiger partial charge in [-0.1, -0.05) is 20.8 Å². The molecule has 5 aliphatic rings.